The van der Waals surface area contributed by atoms with Crippen LogP contribution in [0.15, 0.2) is 12.4 Å². The van der Waals surface area contributed by atoms with Gasteiger partial charge in [0, 0.05) is 18.8 Å². The number of aromatic nitrogens is 1. The molecule has 3 aliphatic rings. The zero-order valence-electron chi connectivity index (χ0n) is 11.7. The van der Waals surface area contributed by atoms with Gasteiger partial charge in [-0.3, -0.25) is 20.6 Å². The fourth-order valence-corrected chi connectivity index (χ4v) is 4.18. The van der Waals surface area contributed by atoms with Crippen LogP contribution < -0.4 is 10.9 Å². The van der Waals surface area contributed by atoms with E-state index in [0.717, 1.165) is 11.8 Å². The van der Waals surface area contributed by atoms with E-state index in [0.29, 0.717) is 28.1 Å². The fourth-order valence-electron chi connectivity index (χ4n) is 3.72. The Morgan fingerprint density at radius 2 is 1.86 bits per heavy atom. The third-order valence-electron chi connectivity index (χ3n) is 4.82. The zero-order chi connectivity index (χ0) is 14.8. The maximum absolute atomic E-state index is 12.1. The van der Waals surface area contributed by atoms with Gasteiger partial charge in [-0.25, -0.2) is 0 Å². The summed E-state index contributed by atoms with van der Waals surface area (Å²) >= 11 is 12.0. The number of nitrogens with zero attached hydrogens (tertiary/aromatic N) is 1. The second-order valence-electron chi connectivity index (χ2n) is 6.13. The predicted molar refractivity (Wildman–Crippen MR) is 84.2 cm³/mol. The van der Waals surface area contributed by atoms with Crippen molar-refractivity contribution < 1.29 is 4.79 Å². The minimum absolute atomic E-state index is 0.00324. The Balaban J connectivity index is 1.53. The van der Waals surface area contributed by atoms with Crippen LogP contribution in [0.5, 0.6) is 0 Å². The lowest BCUT2D eigenvalue weighted by atomic mass is 9.64. The quantitative estimate of drug-likeness (QED) is 0.820. The zero-order valence-corrected chi connectivity index (χ0v) is 13.3. The van der Waals surface area contributed by atoms with E-state index in [2.05, 4.69) is 15.8 Å². The van der Waals surface area contributed by atoms with Crippen LogP contribution in [-0.4, -0.2) is 10.9 Å². The molecule has 3 fully saturated rings. The Hall–Kier alpha value is -1.00. The summed E-state index contributed by atoms with van der Waals surface area (Å²) in [5.41, 5.74) is 6.01. The molecule has 1 aromatic heterocycles. The number of nitrogens with one attached hydrogen (secondary N) is 2. The molecule has 0 spiro atoms. The maximum Gasteiger partial charge on any atom is 0.238 e. The number of pyridine rings is 1. The Kier molecular flexibility index (Phi) is 4.55. The summed E-state index contributed by atoms with van der Waals surface area (Å²) in [7, 11) is 0. The van der Waals surface area contributed by atoms with Crippen LogP contribution in [0.4, 0.5) is 5.69 Å². The van der Waals surface area contributed by atoms with Crippen LogP contribution in [-0.2, 0) is 4.79 Å². The summed E-state index contributed by atoms with van der Waals surface area (Å²) in [6.45, 7) is 0. The minimum Gasteiger partial charge on any atom is -0.295 e. The predicted octanol–water partition coefficient (Wildman–Crippen LogP) is 4.05. The highest BCUT2D eigenvalue weighted by molar-refractivity contribution is 6.38. The third-order valence-corrected chi connectivity index (χ3v) is 5.40. The summed E-state index contributed by atoms with van der Waals surface area (Å²) in [6.07, 6.45) is 10.0. The molecule has 114 valence electrons. The van der Waals surface area contributed by atoms with Crippen LogP contribution in [0.1, 0.15) is 38.5 Å². The Bertz CT molecular complexity index is 509. The van der Waals surface area contributed by atoms with Crippen molar-refractivity contribution in [3.05, 3.63) is 22.4 Å². The molecule has 3 saturated carbocycles. The van der Waals surface area contributed by atoms with Crippen molar-refractivity contribution in [3.63, 3.8) is 0 Å². The average Bonchev–Trinajstić information content (AvgIpc) is 2.48. The van der Waals surface area contributed by atoms with Crippen LogP contribution in [0.2, 0.25) is 10.0 Å². The molecule has 4 nitrogen and oxygen atoms in total. The second kappa shape index (κ2) is 6.41. The van der Waals surface area contributed by atoms with Gasteiger partial charge in [-0.05, 0) is 37.0 Å². The first-order valence-electron chi connectivity index (χ1n) is 7.47. The molecule has 1 atom stereocenters. The summed E-state index contributed by atoms with van der Waals surface area (Å²) in [6, 6.07) is 0. The molecule has 0 radical (unpaired) electrons. The van der Waals surface area contributed by atoms with Crippen molar-refractivity contribution in [2.24, 2.45) is 17.8 Å². The highest BCUT2D eigenvalue weighted by Gasteiger charge is 2.36. The lowest BCUT2D eigenvalue weighted by Crippen LogP contribution is -2.37. The lowest BCUT2D eigenvalue weighted by molar-refractivity contribution is -0.122. The molecule has 2 N–H and O–H groups in total. The molecule has 1 aromatic rings. The summed E-state index contributed by atoms with van der Waals surface area (Å²) in [5.74, 6) is 2.10. The number of fused-ring (bicyclic) bond motifs is 3. The molecular weight excluding hydrogens is 309 g/mol. The Labute approximate surface area is 134 Å². The van der Waals surface area contributed by atoms with Crippen molar-refractivity contribution in [1.29, 1.82) is 0 Å². The summed E-state index contributed by atoms with van der Waals surface area (Å²) in [4.78, 5) is 16.0. The SMILES string of the molecule is O=C(CC1CC2CCC1CC2)NNc1c(Cl)cncc1Cl. The number of hydrogen-bond acceptors (Lipinski definition) is 3. The highest BCUT2D eigenvalue weighted by atomic mass is 35.5. The van der Waals surface area contributed by atoms with Crippen molar-refractivity contribution in [2.75, 3.05) is 5.43 Å². The van der Waals surface area contributed by atoms with Gasteiger partial charge in [0.1, 0.15) is 0 Å². The molecule has 0 aliphatic heterocycles. The number of halogens is 2. The van der Waals surface area contributed by atoms with Gasteiger partial charge in [0.05, 0.1) is 15.7 Å². The normalized spacial score (nSPS) is 27.4. The largest absolute Gasteiger partial charge is 0.295 e. The second-order valence-corrected chi connectivity index (χ2v) is 6.95. The van der Waals surface area contributed by atoms with E-state index >= 15 is 0 Å². The van der Waals surface area contributed by atoms with Gasteiger partial charge in [0.2, 0.25) is 5.91 Å². The van der Waals surface area contributed by atoms with Crippen LogP contribution in [0, 0.1) is 17.8 Å². The van der Waals surface area contributed by atoms with E-state index in [1.807, 2.05) is 0 Å². The minimum atomic E-state index is -0.00324. The van der Waals surface area contributed by atoms with Crippen LogP contribution >= 0.6 is 23.2 Å². The Morgan fingerprint density at radius 3 is 2.43 bits per heavy atom. The molecule has 21 heavy (non-hydrogen) atoms. The molecule has 3 aliphatic carbocycles. The molecule has 1 heterocycles. The van der Waals surface area contributed by atoms with Crippen LogP contribution in [0.25, 0.3) is 0 Å². The third kappa shape index (κ3) is 3.43. The first-order valence-corrected chi connectivity index (χ1v) is 8.23. The molecule has 2 bridgehead atoms. The number of rotatable bonds is 4. The van der Waals surface area contributed by atoms with Crippen molar-refractivity contribution in [1.82, 2.24) is 10.4 Å². The van der Waals surface area contributed by atoms with Gasteiger partial charge in [-0.2, -0.15) is 0 Å². The first kappa shape index (κ1) is 14.9. The molecule has 0 saturated heterocycles. The van der Waals surface area contributed by atoms with Gasteiger partial charge >= 0.3 is 0 Å². The van der Waals surface area contributed by atoms with Crippen molar-refractivity contribution in [3.8, 4) is 0 Å². The van der Waals surface area contributed by atoms with E-state index in [1.165, 1.54) is 44.5 Å². The fraction of sp³-hybridized carbons (Fsp3) is 0.600. The van der Waals surface area contributed by atoms with E-state index in [1.54, 1.807) is 0 Å². The van der Waals surface area contributed by atoms with Crippen molar-refractivity contribution in [2.45, 2.75) is 38.5 Å². The lowest BCUT2D eigenvalue weighted by Gasteiger charge is -2.42. The Morgan fingerprint density at radius 1 is 1.19 bits per heavy atom. The van der Waals surface area contributed by atoms with Crippen LogP contribution in [0.3, 0.4) is 0 Å². The molecule has 0 aromatic carbocycles. The van der Waals surface area contributed by atoms with Gasteiger partial charge in [-0.15, -0.1) is 0 Å². The van der Waals surface area contributed by atoms with Gasteiger partial charge in [0.25, 0.3) is 0 Å². The maximum atomic E-state index is 12.1. The molecule has 6 heteroatoms. The molecule has 4 rings (SSSR count). The smallest absolute Gasteiger partial charge is 0.238 e. The number of carbonyl (C=O) groups excluding carboxylic acids is 1. The van der Waals surface area contributed by atoms with Gasteiger partial charge in [-0.1, -0.05) is 36.0 Å². The van der Waals surface area contributed by atoms with Gasteiger partial charge < -0.3 is 0 Å². The summed E-state index contributed by atoms with van der Waals surface area (Å²) < 4.78 is 0. The van der Waals surface area contributed by atoms with E-state index in [4.69, 9.17) is 23.2 Å². The van der Waals surface area contributed by atoms with E-state index < -0.39 is 0 Å². The van der Waals surface area contributed by atoms with E-state index in [9.17, 15) is 4.79 Å². The molecule has 1 unspecified atom stereocenters. The van der Waals surface area contributed by atoms with Gasteiger partial charge in [0.15, 0.2) is 0 Å². The number of hydrogen-bond donors (Lipinski definition) is 2. The van der Waals surface area contributed by atoms with Crippen molar-refractivity contribution >= 4 is 34.8 Å². The highest BCUT2D eigenvalue weighted by Crippen LogP contribution is 2.46. The molecule has 1 amide bonds. The monoisotopic (exact) mass is 327 g/mol. The van der Waals surface area contributed by atoms with E-state index in [-0.39, 0.29) is 5.91 Å². The topological polar surface area (TPSA) is 54.0 Å². The number of hydrazine groups is 1. The summed E-state index contributed by atoms with van der Waals surface area (Å²) in [5, 5.41) is 0.777. The standard InChI is InChI=1S/C15H19Cl2N3O/c16-12-7-18-8-13(17)15(12)20-19-14(21)6-11-5-9-1-3-10(11)4-2-9/h7-11H,1-6H2,(H,18,20)(H,19,21). The number of amides is 1. The first-order chi connectivity index (χ1) is 10.1. The molecular formula is C15H19Cl2N3O. The number of anilines is 1. The number of carbonyl (C=O) groups is 1. The average molecular weight is 328 g/mol.